The first-order valence-corrected chi connectivity index (χ1v) is 9.70. The summed E-state index contributed by atoms with van der Waals surface area (Å²) >= 11 is 0. The molecule has 0 bridgehead atoms. The summed E-state index contributed by atoms with van der Waals surface area (Å²) in [4.78, 5) is 18.0. The molecule has 0 radical (unpaired) electrons. The molecule has 0 spiro atoms. The number of hydrogen-bond acceptors (Lipinski definition) is 3. The van der Waals surface area contributed by atoms with Crippen LogP contribution in [0.3, 0.4) is 0 Å². The van der Waals surface area contributed by atoms with Gasteiger partial charge in [0.15, 0.2) is 5.96 Å². The van der Waals surface area contributed by atoms with Crippen LogP contribution in [0.2, 0.25) is 0 Å². The third kappa shape index (κ3) is 5.27. The van der Waals surface area contributed by atoms with Crippen LogP contribution < -0.4 is 10.6 Å². The van der Waals surface area contributed by atoms with E-state index in [-0.39, 0.29) is 35.9 Å². The topological polar surface area (TPSA) is 77.0 Å². The van der Waals surface area contributed by atoms with E-state index in [1.807, 2.05) is 17.9 Å². The monoisotopic (exact) mass is 486 g/mol. The maximum atomic E-state index is 11.8. The molecule has 1 aromatic carbocycles. The Balaban J connectivity index is 0.00000261. The second-order valence-electron chi connectivity index (χ2n) is 7.16. The van der Waals surface area contributed by atoms with Crippen LogP contribution >= 0.6 is 24.0 Å². The number of hydrogen-bond donors (Lipinski definition) is 3. The Labute approximate surface area is 178 Å². The Morgan fingerprint density at radius 1 is 1.33 bits per heavy atom. The molecule has 1 atom stereocenters. The van der Waals surface area contributed by atoms with Crippen molar-refractivity contribution >= 4 is 35.8 Å². The number of rotatable bonds is 4. The number of fused-ring (bicyclic) bond motifs is 1. The molecule has 150 valence electrons. The molecule has 1 aliphatic carbocycles. The van der Waals surface area contributed by atoms with Crippen molar-refractivity contribution in [2.75, 3.05) is 20.1 Å². The number of aliphatic imine (C=N–C) groups is 1. The second-order valence-corrected chi connectivity index (χ2v) is 7.16. The standard InChI is InChI=1S/C20H30N4O2.HI/c1-3-19(26)24-11-10-15(13-24)23-20(21-2)22-12-17-16-7-5-4-6-14(16)8-9-18(17)25;/h8-9,15,25H,3-7,10-13H2,1-2H3,(H2,21,22,23);1H. The third-order valence-electron chi connectivity index (χ3n) is 5.47. The number of carbonyl (C=O) groups is 1. The fraction of sp³-hybridized carbons (Fsp3) is 0.600. The Morgan fingerprint density at radius 2 is 2.11 bits per heavy atom. The van der Waals surface area contributed by atoms with Crippen LogP contribution in [0, 0.1) is 0 Å². The predicted octanol–water partition coefficient (Wildman–Crippen LogP) is 2.56. The maximum Gasteiger partial charge on any atom is 0.222 e. The molecule has 1 amide bonds. The van der Waals surface area contributed by atoms with E-state index < -0.39 is 0 Å². The van der Waals surface area contributed by atoms with Gasteiger partial charge in [-0.2, -0.15) is 0 Å². The van der Waals surface area contributed by atoms with Crippen LogP contribution in [0.25, 0.3) is 0 Å². The summed E-state index contributed by atoms with van der Waals surface area (Å²) in [5, 5.41) is 17.1. The average Bonchev–Trinajstić information content (AvgIpc) is 3.14. The van der Waals surface area contributed by atoms with Crippen molar-refractivity contribution in [2.45, 2.75) is 58.0 Å². The molecule has 3 N–H and O–H groups in total. The highest BCUT2D eigenvalue weighted by molar-refractivity contribution is 14.0. The number of nitrogens with one attached hydrogen (secondary N) is 2. The lowest BCUT2D eigenvalue weighted by atomic mass is 9.88. The molecule has 2 aliphatic rings. The summed E-state index contributed by atoms with van der Waals surface area (Å²) < 4.78 is 0. The van der Waals surface area contributed by atoms with Crippen molar-refractivity contribution in [3.8, 4) is 5.75 Å². The highest BCUT2D eigenvalue weighted by Gasteiger charge is 2.26. The van der Waals surface area contributed by atoms with Gasteiger partial charge in [-0.3, -0.25) is 9.79 Å². The van der Waals surface area contributed by atoms with Gasteiger partial charge < -0.3 is 20.6 Å². The van der Waals surface area contributed by atoms with Crippen LogP contribution in [0.15, 0.2) is 17.1 Å². The number of phenolic OH excluding ortho intramolecular Hbond substituents is 1. The van der Waals surface area contributed by atoms with Crippen molar-refractivity contribution in [2.24, 2.45) is 4.99 Å². The molecule has 1 heterocycles. The van der Waals surface area contributed by atoms with E-state index in [0.717, 1.165) is 37.9 Å². The first-order valence-electron chi connectivity index (χ1n) is 9.70. The maximum absolute atomic E-state index is 11.8. The Hall–Kier alpha value is -1.51. The fourth-order valence-corrected chi connectivity index (χ4v) is 3.98. The number of likely N-dealkylation sites (tertiary alicyclic amines) is 1. The molecule has 7 heteroatoms. The number of halogens is 1. The van der Waals surface area contributed by atoms with E-state index in [9.17, 15) is 9.90 Å². The molecule has 3 rings (SSSR count). The Morgan fingerprint density at radius 3 is 2.85 bits per heavy atom. The minimum atomic E-state index is 0. The van der Waals surface area contributed by atoms with Crippen LogP contribution in [-0.2, 0) is 24.2 Å². The van der Waals surface area contributed by atoms with Crippen molar-refractivity contribution in [3.63, 3.8) is 0 Å². The van der Waals surface area contributed by atoms with Gasteiger partial charge in [0.05, 0.1) is 0 Å². The summed E-state index contributed by atoms with van der Waals surface area (Å²) in [6.45, 7) is 3.98. The fourth-order valence-electron chi connectivity index (χ4n) is 3.98. The van der Waals surface area contributed by atoms with E-state index >= 15 is 0 Å². The number of benzene rings is 1. The highest BCUT2D eigenvalue weighted by Crippen LogP contribution is 2.30. The van der Waals surface area contributed by atoms with Gasteiger partial charge in [-0.05, 0) is 49.3 Å². The smallest absolute Gasteiger partial charge is 0.222 e. The quantitative estimate of drug-likeness (QED) is 0.348. The Bertz CT molecular complexity index is 693. The number of amides is 1. The first-order chi connectivity index (χ1) is 12.6. The average molecular weight is 486 g/mol. The van der Waals surface area contributed by atoms with Gasteiger partial charge in [-0.1, -0.05) is 13.0 Å². The molecular weight excluding hydrogens is 455 g/mol. The van der Waals surface area contributed by atoms with E-state index in [1.165, 1.54) is 24.0 Å². The van der Waals surface area contributed by atoms with Crippen LogP contribution in [-0.4, -0.2) is 48.1 Å². The van der Waals surface area contributed by atoms with E-state index in [4.69, 9.17) is 0 Å². The summed E-state index contributed by atoms with van der Waals surface area (Å²) in [7, 11) is 1.75. The lowest BCUT2D eigenvalue weighted by molar-refractivity contribution is -0.129. The van der Waals surface area contributed by atoms with Gasteiger partial charge in [0, 0.05) is 44.7 Å². The van der Waals surface area contributed by atoms with Gasteiger partial charge in [0.25, 0.3) is 0 Å². The van der Waals surface area contributed by atoms with E-state index in [1.54, 1.807) is 7.05 Å². The minimum absolute atomic E-state index is 0. The largest absolute Gasteiger partial charge is 0.508 e. The molecule has 0 aromatic heterocycles. The lowest BCUT2D eigenvalue weighted by Gasteiger charge is -2.22. The molecule has 1 aromatic rings. The summed E-state index contributed by atoms with van der Waals surface area (Å²) in [5.41, 5.74) is 3.64. The van der Waals surface area contributed by atoms with Crippen molar-refractivity contribution in [1.29, 1.82) is 0 Å². The number of aromatic hydroxyl groups is 1. The molecule has 0 saturated carbocycles. The van der Waals surface area contributed by atoms with Gasteiger partial charge in [-0.15, -0.1) is 24.0 Å². The highest BCUT2D eigenvalue weighted by atomic mass is 127. The first kappa shape index (κ1) is 21.8. The third-order valence-corrected chi connectivity index (χ3v) is 5.47. The molecule has 1 unspecified atom stereocenters. The molecule has 1 aliphatic heterocycles. The summed E-state index contributed by atoms with van der Waals surface area (Å²) in [6.07, 6.45) is 6.02. The van der Waals surface area contributed by atoms with Crippen molar-refractivity contribution in [1.82, 2.24) is 15.5 Å². The van der Waals surface area contributed by atoms with Crippen LogP contribution in [0.1, 0.15) is 49.3 Å². The minimum Gasteiger partial charge on any atom is -0.508 e. The summed E-state index contributed by atoms with van der Waals surface area (Å²) in [5.74, 6) is 1.28. The molecule has 1 saturated heterocycles. The molecule has 6 nitrogen and oxygen atoms in total. The van der Waals surface area contributed by atoms with E-state index in [2.05, 4.69) is 21.7 Å². The van der Waals surface area contributed by atoms with Crippen molar-refractivity contribution in [3.05, 3.63) is 28.8 Å². The van der Waals surface area contributed by atoms with Crippen molar-refractivity contribution < 1.29 is 9.90 Å². The number of phenols is 1. The lowest BCUT2D eigenvalue weighted by Crippen LogP contribution is -2.44. The van der Waals surface area contributed by atoms with Gasteiger partial charge in [0.1, 0.15) is 5.75 Å². The van der Waals surface area contributed by atoms with Gasteiger partial charge in [-0.25, -0.2) is 0 Å². The predicted molar refractivity (Wildman–Crippen MR) is 119 cm³/mol. The molecular formula is C20H31IN4O2. The van der Waals surface area contributed by atoms with Crippen LogP contribution in [0.5, 0.6) is 5.75 Å². The van der Waals surface area contributed by atoms with Gasteiger partial charge in [0.2, 0.25) is 5.91 Å². The summed E-state index contributed by atoms with van der Waals surface area (Å²) in [6, 6.07) is 4.08. The zero-order valence-corrected chi connectivity index (χ0v) is 18.6. The number of guanidine groups is 1. The SMILES string of the molecule is CCC(=O)N1CCC(NC(=NC)NCc2c(O)ccc3c2CCCC3)C1.I. The Kier molecular flexibility index (Phi) is 8.19. The zero-order chi connectivity index (χ0) is 18.5. The van der Waals surface area contributed by atoms with Gasteiger partial charge >= 0.3 is 0 Å². The number of nitrogens with zero attached hydrogens (tertiary/aromatic N) is 2. The zero-order valence-electron chi connectivity index (χ0n) is 16.3. The molecule has 27 heavy (non-hydrogen) atoms. The molecule has 1 fully saturated rings. The second kappa shape index (κ2) is 10.1. The normalized spacial score (nSPS) is 19.3. The number of aryl methyl sites for hydroxylation is 1. The number of carbonyl (C=O) groups excluding carboxylic acids is 1. The van der Waals surface area contributed by atoms with Crippen LogP contribution in [0.4, 0.5) is 0 Å². The van der Waals surface area contributed by atoms with E-state index in [0.29, 0.717) is 24.7 Å².